The van der Waals surface area contributed by atoms with Crippen molar-refractivity contribution in [3.8, 4) is 11.5 Å². The average molecular weight is 495 g/mol. The fourth-order valence-corrected chi connectivity index (χ4v) is 4.31. The number of sulfonamides is 1. The molecule has 9 heteroatoms. The maximum absolute atomic E-state index is 12.6. The molecule has 0 spiro atoms. The molecule has 0 aliphatic heterocycles. The third kappa shape index (κ3) is 6.06. The lowest BCUT2D eigenvalue weighted by Gasteiger charge is -2.19. The zero-order valence-electron chi connectivity index (χ0n) is 19.6. The summed E-state index contributed by atoms with van der Waals surface area (Å²) in [4.78, 5) is 12.6. The highest BCUT2D eigenvalue weighted by Crippen LogP contribution is 2.24. The predicted molar refractivity (Wildman–Crippen MR) is 129 cm³/mol. The molecule has 0 saturated heterocycles. The topological polar surface area (TPSA) is 112 Å². The number of carbonyl (C=O) groups is 1. The van der Waals surface area contributed by atoms with Gasteiger partial charge in [0.1, 0.15) is 12.3 Å². The largest absolute Gasteiger partial charge is 0.461 e. The minimum absolute atomic E-state index is 0.0569. The van der Waals surface area contributed by atoms with E-state index in [0.29, 0.717) is 28.3 Å². The number of esters is 1. The van der Waals surface area contributed by atoms with Gasteiger partial charge in [0, 0.05) is 12.6 Å². The zero-order chi connectivity index (χ0) is 25.1. The molecule has 182 valence electrons. The van der Waals surface area contributed by atoms with Crippen molar-refractivity contribution in [2.24, 2.45) is 0 Å². The number of aromatic nitrogens is 1. The summed E-state index contributed by atoms with van der Waals surface area (Å²) in [5.41, 5.74) is 2.49. The van der Waals surface area contributed by atoms with Gasteiger partial charge in [0.05, 0.1) is 16.7 Å². The van der Waals surface area contributed by atoms with Gasteiger partial charge in [-0.2, -0.15) is 0 Å². The first-order valence-electron chi connectivity index (χ1n) is 11.0. The first kappa shape index (κ1) is 24.4. The van der Waals surface area contributed by atoms with Gasteiger partial charge >= 0.3 is 5.97 Å². The van der Waals surface area contributed by atoms with Crippen molar-refractivity contribution in [3.05, 3.63) is 95.4 Å². The Morgan fingerprint density at radius 2 is 1.71 bits per heavy atom. The van der Waals surface area contributed by atoms with Gasteiger partial charge < -0.3 is 13.7 Å². The molecule has 2 aromatic carbocycles. The number of carbonyl (C=O) groups excluding carboxylic acids is 1. The zero-order valence-corrected chi connectivity index (χ0v) is 20.5. The third-order valence-corrected chi connectivity index (χ3v) is 6.78. The molecule has 35 heavy (non-hydrogen) atoms. The summed E-state index contributed by atoms with van der Waals surface area (Å²) >= 11 is 0. The summed E-state index contributed by atoms with van der Waals surface area (Å²) < 4.78 is 43.6. The number of hydrogen-bond donors (Lipinski definition) is 1. The Morgan fingerprint density at radius 1 is 1.00 bits per heavy atom. The molecule has 0 bridgehead atoms. The normalized spacial score (nSPS) is 12.0. The third-order valence-electron chi connectivity index (χ3n) is 5.36. The summed E-state index contributed by atoms with van der Waals surface area (Å²) in [6, 6.07) is 18.5. The van der Waals surface area contributed by atoms with E-state index in [0.717, 1.165) is 5.56 Å². The first-order chi connectivity index (χ1) is 16.6. The van der Waals surface area contributed by atoms with Gasteiger partial charge in [0.2, 0.25) is 15.8 Å². The predicted octanol–water partition coefficient (Wildman–Crippen LogP) is 5.07. The molecule has 2 heterocycles. The Bertz CT molecular complexity index is 1380. The van der Waals surface area contributed by atoms with Gasteiger partial charge in [-0.1, -0.05) is 50.2 Å². The summed E-state index contributed by atoms with van der Waals surface area (Å²) in [6.45, 7) is 6.24. The van der Waals surface area contributed by atoms with Gasteiger partial charge in [-0.05, 0) is 52.9 Å². The van der Waals surface area contributed by atoms with E-state index in [1.54, 1.807) is 54.6 Å². The van der Waals surface area contributed by atoms with Crippen molar-refractivity contribution < 1.29 is 26.9 Å². The van der Waals surface area contributed by atoms with E-state index in [9.17, 15) is 13.2 Å². The van der Waals surface area contributed by atoms with Crippen LogP contribution in [0.1, 0.15) is 48.0 Å². The monoisotopic (exact) mass is 494 g/mol. The van der Waals surface area contributed by atoms with Crippen molar-refractivity contribution in [2.75, 3.05) is 0 Å². The molecule has 8 nitrogen and oxygen atoms in total. The maximum Gasteiger partial charge on any atom is 0.338 e. The number of ether oxygens (including phenoxy) is 1. The quantitative estimate of drug-likeness (QED) is 0.341. The molecule has 0 radical (unpaired) electrons. The first-order valence-corrected chi connectivity index (χ1v) is 12.5. The van der Waals surface area contributed by atoms with Crippen LogP contribution in [0.4, 0.5) is 0 Å². The highest BCUT2D eigenvalue weighted by atomic mass is 32.2. The summed E-state index contributed by atoms with van der Waals surface area (Å²) in [5, 5.41) is 3.86. The lowest BCUT2D eigenvalue weighted by molar-refractivity contribution is 0.0464. The summed E-state index contributed by atoms with van der Waals surface area (Å²) in [6.07, 6.45) is 1.52. The van der Waals surface area contributed by atoms with E-state index in [4.69, 9.17) is 13.7 Å². The molecule has 0 saturated carbocycles. The van der Waals surface area contributed by atoms with Crippen LogP contribution in [-0.4, -0.2) is 19.5 Å². The lowest BCUT2D eigenvalue weighted by Crippen LogP contribution is -2.23. The van der Waals surface area contributed by atoms with Gasteiger partial charge in [0.25, 0.3) is 0 Å². The van der Waals surface area contributed by atoms with Crippen molar-refractivity contribution in [1.82, 2.24) is 9.88 Å². The fraction of sp³-hybridized carbons (Fsp3) is 0.231. The molecule has 0 atom stereocenters. The molecule has 4 aromatic rings. The van der Waals surface area contributed by atoms with Crippen molar-refractivity contribution >= 4 is 16.0 Å². The Morgan fingerprint density at radius 3 is 2.34 bits per heavy atom. The molecule has 0 unspecified atom stereocenters. The van der Waals surface area contributed by atoms with E-state index in [-0.39, 0.29) is 23.5 Å². The summed E-state index contributed by atoms with van der Waals surface area (Å²) in [5.74, 6) is 0.444. The Hall–Kier alpha value is -3.69. The molecule has 1 N–H and O–H groups in total. The highest BCUT2D eigenvalue weighted by molar-refractivity contribution is 7.89. The number of nitrogens with zero attached hydrogens (tertiary/aromatic N) is 1. The van der Waals surface area contributed by atoms with E-state index in [1.807, 2.05) is 12.1 Å². The second kappa shape index (κ2) is 9.89. The molecule has 0 aliphatic carbocycles. The Kier molecular flexibility index (Phi) is 6.90. The van der Waals surface area contributed by atoms with E-state index in [1.165, 1.54) is 6.26 Å². The van der Waals surface area contributed by atoms with Crippen LogP contribution in [-0.2, 0) is 33.3 Å². The minimum atomic E-state index is -3.66. The van der Waals surface area contributed by atoms with Crippen LogP contribution in [0.25, 0.3) is 11.5 Å². The smallest absolute Gasteiger partial charge is 0.338 e. The number of rotatable bonds is 8. The minimum Gasteiger partial charge on any atom is -0.461 e. The molecule has 0 amide bonds. The lowest BCUT2D eigenvalue weighted by atomic mass is 9.87. The van der Waals surface area contributed by atoms with Crippen LogP contribution in [0.2, 0.25) is 0 Å². The van der Waals surface area contributed by atoms with Crippen molar-refractivity contribution in [1.29, 1.82) is 0 Å². The molecular weight excluding hydrogens is 468 g/mol. The average Bonchev–Trinajstić information content (AvgIpc) is 3.53. The van der Waals surface area contributed by atoms with Crippen LogP contribution in [0.5, 0.6) is 0 Å². The van der Waals surface area contributed by atoms with Crippen LogP contribution in [0.3, 0.4) is 0 Å². The number of nitrogens with one attached hydrogen (secondary N) is 1. The number of benzene rings is 2. The molecular formula is C26H26N2O6S. The van der Waals surface area contributed by atoms with Gasteiger partial charge in [-0.25, -0.2) is 17.9 Å². The van der Waals surface area contributed by atoms with Gasteiger partial charge in [-0.15, -0.1) is 0 Å². The fourth-order valence-electron chi connectivity index (χ4n) is 3.29. The van der Waals surface area contributed by atoms with E-state index >= 15 is 0 Å². The number of furan rings is 1. The van der Waals surface area contributed by atoms with Crippen molar-refractivity contribution in [3.63, 3.8) is 0 Å². The van der Waals surface area contributed by atoms with Crippen molar-refractivity contribution in [2.45, 2.75) is 44.2 Å². The Labute approximate surface area is 204 Å². The van der Waals surface area contributed by atoms with Crippen LogP contribution in [0.15, 0.2) is 86.8 Å². The van der Waals surface area contributed by atoms with Gasteiger partial charge in [-0.3, -0.25) is 0 Å². The van der Waals surface area contributed by atoms with Crippen LogP contribution < -0.4 is 4.72 Å². The molecule has 4 rings (SSSR count). The number of hydrogen-bond acceptors (Lipinski definition) is 7. The second-order valence-corrected chi connectivity index (χ2v) is 10.8. The van der Waals surface area contributed by atoms with Crippen LogP contribution >= 0.6 is 0 Å². The molecule has 2 aromatic heterocycles. The van der Waals surface area contributed by atoms with E-state index < -0.39 is 16.0 Å². The standard InChI is InChI=1S/C26H26N2O6S/c1-26(2,3)20-10-12-22(13-11-20)35(30,31)27-16-18-6-8-19(9-7-18)25(29)33-17-21-15-24(34-28-21)23-5-4-14-32-23/h4-15,27H,16-17H2,1-3H3. The maximum atomic E-state index is 12.6. The van der Waals surface area contributed by atoms with Gasteiger partial charge in [0.15, 0.2) is 5.76 Å². The summed E-state index contributed by atoms with van der Waals surface area (Å²) in [7, 11) is -3.66. The Balaban J connectivity index is 1.31. The molecule has 0 aliphatic rings. The van der Waals surface area contributed by atoms with E-state index in [2.05, 4.69) is 30.6 Å². The molecule has 0 fully saturated rings. The second-order valence-electron chi connectivity index (χ2n) is 9.03. The van der Waals surface area contributed by atoms with Crippen LogP contribution in [0, 0.1) is 0 Å². The SMILES string of the molecule is CC(C)(C)c1ccc(S(=O)(=O)NCc2ccc(C(=O)OCc3cc(-c4ccco4)on3)cc2)cc1. The highest BCUT2D eigenvalue weighted by Gasteiger charge is 2.18.